The largest absolute Gasteiger partial charge is 0.447 e. The first-order chi connectivity index (χ1) is 14.4. The number of aromatic nitrogens is 4. The second kappa shape index (κ2) is 8.68. The Hall–Kier alpha value is -2.54. The maximum Gasteiger partial charge on any atom is 0.407 e. The zero-order valence-electron chi connectivity index (χ0n) is 16.8. The number of alkyl carbamates (subject to hydrolysis) is 1. The fraction of sp³-hybridized carbons (Fsp3) is 0.667. The number of hydrogen-bond donors (Lipinski definition) is 4. The number of ether oxygens (including phenoxy) is 3. The lowest BCUT2D eigenvalue weighted by Gasteiger charge is -2.17. The number of nitrogens with zero attached hydrogens (tertiary/aromatic N) is 4. The van der Waals surface area contributed by atoms with Gasteiger partial charge in [0.1, 0.15) is 31.2 Å². The molecule has 5 atom stereocenters. The first-order valence-electron chi connectivity index (χ1n) is 9.90. The van der Waals surface area contributed by atoms with Gasteiger partial charge in [0.2, 0.25) is 0 Å². The van der Waals surface area contributed by atoms with Crippen LogP contribution < -0.4 is 10.6 Å². The zero-order chi connectivity index (χ0) is 21.3. The van der Waals surface area contributed by atoms with Crippen molar-refractivity contribution in [2.75, 3.05) is 25.1 Å². The van der Waals surface area contributed by atoms with E-state index in [4.69, 9.17) is 14.2 Å². The van der Waals surface area contributed by atoms with Gasteiger partial charge in [-0.15, -0.1) is 0 Å². The van der Waals surface area contributed by atoms with Crippen LogP contribution in [0.2, 0.25) is 0 Å². The number of amides is 1. The van der Waals surface area contributed by atoms with Crippen LogP contribution >= 0.6 is 0 Å². The van der Waals surface area contributed by atoms with Crippen LogP contribution in [0, 0.1) is 0 Å². The van der Waals surface area contributed by atoms with E-state index < -0.39 is 30.6 Å². The molecule has 0 aliphatic carbocycles. The van der Waals surface area contributed by atoms with E-state index in [9.17, 15) is 15.0 Å². The summed E-state index contributed by atoms with van der Waals surface area (Å²) in [4.78, 5) is 24.6. The predicted molar refractivity (Wildman–Crippen MR) is 104 cm³/mol. The van der Waals surface area contributed by atoms with Gasteiger partial charge in [-0.1, -0.05) is 0 Å². The molecule has 12 nitrogen and oxygen atoms in total. The van der Waals surface area contributed by atoms with Gasteiger partial charge in [-0.2, -0.15) is 0 Å². The number of anilines is 1. The molecule has 2 aromatic rings. The Morgan fingerprint density at radius 3 is 2.90 bits per heavy atom. The molecular formula is C18H26N6O6. The van der Waals surface area contributed by atoms with Crippen LogP contribution in [0.25, 0.3) is 11.2 Å². The maximum atomic E-state index is 11.7. The molecule has 2 aliphatic rings. The van der Waals surface area contributed by atoms with E-state index >= 15 is 0 Å². The minimum atomic E-state index is -1.25. The average molecular weight is 422 g/mol. The molecule has 4 N–H and O–H groups in total. The Morgan fingerprint density at radius 2 is 2.17 bits per heavy atom. The summed E-state index contributed by atoms with van der Waals surface area (Å²) in [5.41, 5.74) is 0.965. The highest BCUT2D eigenvalue weighted by atomic mass is 16.6. The minimum Gasteiger partial charge on any atom is -0.447 e. The van der Waals surface area contributed by atoms with Gasteiger partial charge in [0.05, 0.1) is 19.0 Å². The van der Waals surface area contributed by atoms with Crippen molar-refractivity contribution in [3.05, 3.63) is 12.7 Å². The molecule has 1 amide bonds. The van der Waals surface area contributed by atoms with Gasteiger partial charge < -0.3 is 35.1 Å². The first-order valence-corrected chi connectivity index (χ1v) is 9.90. The monoisotopic (exact) mass is 422 g/mol. The fourth-order valence-electron chi connectivity index (χ4n) is 3.52. The molecule has 2 fully saturated rings. The summed E-state index contributed by atoms with van der Waals surface area (Å²) in [5, 5.41) is 26.8. The second-order valence-corrected chi connectivity index (χ2v) is 7.69. The number of imidazole rings is 1. The zero-order valence-corrected chi connectivity index (χ0v) is 16.8. The Labute approximate surface area is 172 Å². The molecule has 164 valence electrons. The molecule has 4 heterocycles. The molecule has 2 aliphatic heterocycles. The van der Waals surface area contributed by atoms with Crippen molar-refractivity contribution >= 4 is 23.1 Å². The number of fused-ring (bicyclic) bond motifs is 1. The van der Waals surface area contributed by atoms with Crippen LogP contribution in [0.1, 0.15) is 26.5 Å². The van der Waals surface area contributed by atoms with Crippen molar-refractivity contribution in [1.29, 1.82) is 0 Å². The number of nitrogens with one attached hydrogen (secondary N) is 2. The van der Waals surface area contributed by atoms with Crippen molar-refractivity contribution in [3.63, 3.8) is 0 Å². The Morgan fingerprint density at radius 1 is 1.33 bits per heavy atom. The smallest absolute Gasteiger partial charge is 0.407 e. The summed E-state index contributed by atoms with van der Waals surface area (Å²) in [6, 6.07) is 0.0581. The van der Waals surface area contributed by atoms with Crippen LogP contribution in [-0.4, -0.2) is 86.0 Å². The van der Waals surface area contributed by atoms with Crippen LogP contribution in [0.15, 0.2) is 12.7 Å². The summed E-state index contributed by atoms with van der Waals surface area (Å²) in [6.07, 6.45) is -1.20. The third-order valence-electron chi connectivity index (χ3n) is 5.03. The van der Waals surface area contributed by atoms with Gasteiger partial charge >= 0.3 is 6.09 Å². The topological polar surface area (TPSA) is 153 Å². The van der Waals surface area contributed by atoms with Gasteiger partial charge in [-0.3, -0.25) is 4.57 Å². The molecule has 12 heteroatoms. The third-order valence-corrected chi connectivity index (χ3v) is 5.03. The van der Waals surface area contributed by atoms with Crippen molar-refractivity contribution in [2.24, 2.45) is 0 Å². The molecule has 2 aromatic heterocycles. The lowest BCUT2D eigenvalue weighted by molar-refractivity contribution is -0.0534. The van der Waals surface area contributed by atoms with E-state index in [-0.39, 0.29) is 18.7 Å². The summed E-state index contributed by atoms with van der Waals surface area (Å²) >= 11 is 0. The van der Waals surface area contributed by atoms with E-state index in [0.717, 1.165) is 6.42 Å². The fourth-order valence-corrected chi connectivity index (χ4v) is 3.52. The minimum absolute atomic E-state index is 0.0825. The lowest BCUT2D eigenvalue weighted by atomic mass is 10.1. The number of carbonyl (C=O) groups is 1. The highest BCUT2D eigenvalue weighted by Gasteiger charge is 2.45. The van der Waals surface area contributed by atoms with E-state index in [1.54, 1.807) is 13.8 Å². The molecular weight excluding hydrogens is 396 g/mol. The van der Waals surface area contributed by atoms with Crippen LogP contribution in [0.3, 0.4) is 0 Å². The van der Waals surface area contributed by atoms with Gasteiger partial charge in [0.25, 0.3) is 0 Å². The van der Waals surface area contributed by atoms with Gasteiger partial charge in [-0.05, 0) is 20.3 Å². The molecule has 0 saturated carbocycles. The molecule has 0 bridgehead atoms. The molecule has 30 heavy (non-hydrogen) atoms. The number of aliphatic hydroxyl groups is 2. The Balaban J connectivity index is 1.48. The predicted octanol–water partition coefficient (Wildman–Crippen LogP) is -0.219. The number of aliphatic hydroxyl groups excluding tert-OH is 2. The number of rotatable bonds is 6. The van der Waals surface area contributed by atoms with Crippen molar-refractivity contribution in [3.8, 4) is 0 Å². The van der Waals surface area contributed by atoms with Crippen molar-refractivity contribution in [1.82, 2.24) is 24.8 Å². The summed E-state index contributed by atoms with van der Waals surface area (Å²) in [5.74, 6) is 0.563. The highest BCUT2D eigenvalue weighted by Crippen LogP contribution is 2.32. The molecule has 2 saturated heterocycles. The van der Waals surface area contributed by atoms with Crippen LogP contribution in [-0.2, 0) is 14.2 Å². The summed E-state index contributed by atoms with van der Waals surface area (Å²) < 4.78 is 17.8. The van der Waals surface area contributed by atoms with Gasteiger partial charge in [-0.25, -0.2) is 19.7 Å². The van der Waals surface area contributed by atoms with E-state index in [1.165, 1.54) is 17.2 Å². The van der Waals surface area contributed by atoms with Crippen molar-refractivity contribution < 1.29 is 29.2 Å². The number of hydrogen-bond acceptors (Lipinski definition) is 10. The summed E-state index contributed by atoms with van der Waals surface area (Å²) in [6.45, 7) is 4.69. The summed E-state index contributed by atoms with van der Waals surface area (Å²) in [7, 11) is 0. The van der Waals surface area contributed by atoms with Crippen LogP contribution in [0.5, 0.6) is 0 Å². The van der Waals surface area contributed by atoms with Gasteiger partial charge in [0, 0.05) is 12.6 Å². The highest BCUT2D eigenvalue weighted by molar-refractivity contribution is 5.82. The quantitative estimate of drug-likeness (QED) is 0.491. The second-order valence-electron chi connectivity index (χ2n) is 7.69. The van der Waals surface area contributed by atoms with Gasteiger partial charge in [0.15, 0.2) is 23.2 Å². The van der Waals surface area contributed by atoms with Crippen LogP contribution in [0.4, 0.5) is 10.6 Å². The number of carbonyl (C=O) groups excluding carboxylic acids is 1. The lowest BCUT2D eigenvalue weighted by Crippen LogP contribution is -2.37. The maximum absolute atomic E-state index is 11.7. The molecule has 4 rings (SSSR count). The molecule has 0 aromatic carbocycles. The Bertz CT molecular complexity index is 885. The molecule has 0 radical (unpaired) electrons. The average Bonchev–Trinajstić information content (AvgIpc) is 3.42. The normalized spacial score (nSPS) is 28.9. The first kappa shape index (κ1) is 20.7. The van der Waals surface area contributed by atoms with E-state index in [2.05, 4.69) is 25.6 Å². The molecule has 0 spiro atoms. The molecule has 2 unspecified atom stereocenters. The SMILES string of the molecule is CC(C)NC(=O)OC[C@H]1OC(n2cnc3c(NC4CCOC4)ncnc32)[C@H](O)[C@@H]1O. The Kier molecular flexibility index (Phi) is 5.99. The standard InChI is InChI=1S/C18H26N6O6/c1-9(2)22-18(27)29-6-11-13(25)14(26)17(30-11)24-8-21-12-15(19-7-20-16(12)24)23-10-3-4-28-5-10/h7-11,13-14,17,25-26H,3-6H2,1-2H3,(H,22,27)(H,19,20,23)/t10?,11-,13-,14-,17?/m1/s1. The third kappa shape index (κ3) is 4.17. The van der Waals surface area contributed by atoms with E-state index in [1.807, 2.05) is 0 Å². The van der Waals surface area contributed by atoms with E-state index in [0.29, 0.717) is 30.2 Å². The van der Waals surface area contributed by atoms with Crippen molar-refractivity contribution in [2.45, 2.75) is 56.9 Å².